The van der Waals surface area contributed by atoms with E-state index < -0.39 is 0 Å². The fourth-order valence-corrected chi connectivity index (χ4v) is 1.79. The third-order valence-electron chi connectivity index (χ3n) is 2.86. The van der Waals surface area contributed by atoms with E-state index in [-0.39, 0.29) is 5.78 Å². The van der Waals surface area contributed by atoms with Crippen molar-refractivity contribution < 1.29 is 9.53 Å². The van der Waals surface area contributed by atoms with E-state index in [0.717, 1.165) is 11.3 Å². The molecule has 0 unspecified atom stereocenters. The van der Waals surface area contributed by atoms with Gasteiger partial charge in [0.1, 0.15) is 5.75 Å². The zero-order valence-electron chi connectivity index (χ0n) is 12.6. The van der Waals surface area contributed by atoms with Crippen molar-refractivity contribution in [3.05, 3.63) is 53.9 Å². The van der Waals surface area contributed by atoms with Crippen molar-refractivity contribution >= 4 is 11.9 Å². The summed E-state index contributed by atoms with van der Waals surface area (Å²) in [5.41, 5.74) is 1.52. The van der Waals surface area contributed by atoms with Crippen LogP contribution in [0, 0.1) is 5.92 Å². The number of hydrogen-bond donors (Lipinski definition) is 0. The molecule has 0 amide bonds. The van der Waals surface area contributed by atoms with Crippen molar-refractivity contribution in [1.82, 2.24) is 9.78 Å². The Morgan fingerprint density at radius 1 is 1.43 bits per heavy atom. The predicted octanol–water partition coefficient (Wildman–Crippen LogP) is 3.35. The lowest BCUT2D eigenvalue weighted by atomic mass is 10.1. The summed E-state index contributed by atoms with van der Waals surface area (Å²) < 4.78 is 7.28. The molecule has 0 radical (unpaired) electrons. The Balaban J connectivity index is 2.03. The molecule has 0 saturated carbocycles. The molecule has 2 rings (SSSR count). The molecule has 0 spiro atoms. The van der Waals surface area contributed by atoms with Crippen molar-refractivity contribution in [1.29, 1.82) is 0 Å². The number of rotatable bonds is 6. The second-order valence-electron chi connectivity index (χ2n) is 5.38. The molecule has 2 aromatic rings. The first-order valence-corrected chi connectivity index (χ1v) is 6.98. The van der Waals surface area contributed by atoms with Crippen LogP contribution in [0.15, 0.2) is 42.7 Å². The standard InChI is InChI=1S/C17H20N2O2/c1-13(2)12-21-16-6-4-5-14(9-16)7-8-17(20)15-10-18-19(3)11-15/h4-11,13H,12H2,1-3H3/b8-7+. The first kappa shape index (κ1) is 15.0. The minimum atomic E-state index is -0.0587. The van der Waals surface area contributed by atoms with Crippen LogP contribution in [0.3, 0.4) is 0 Å². The van der Waals surface area contributed by atoms with Gasteiger partial charge in [0.25, 0.3) is 0 Å². The summed E-state index contributed by atoms with van der Waals surface area (Å²) in [4.78, 5) is 12.0. The topological polar surface area (TPSA) is 44.1 Å². The van der Waals surface area contributed by atoms with Crippen LogP contribution in [0.1, 0.15) is 29.8 Å². The van der Waals surface area contributed by atoms with Crippen molar-refractivity contribution in [2.75, 3.05) is 6.61 Å². The highest BCUT2D eigenvalue weighted by Gasteiger charge is 2.04. The highest BCUT2D eigenvalue weighted by molar-refractivity contribution is 6.06. The van der Waals surface area contributed by atoms with Crippen LogP contribution in [0.2, 0.25) is 0 Å². The fourth-order valence-electron chi connectivity index (χ4n) is 1.79. The first-order chi connectivity index (χ1) is 10.0. The highest BCUT2D eigenvalue weighted by Crippen LogP contribution is 2.15. The van der Waals surface area contributed by atoms with Crippen LogP contribution in [0.5, 0.6) is 5.75 Å². The maximum Gasteiger partial charge on any atom is 0.189 e. The van der Waals surface area contributed by atoms with E-state index in [9.17, 15) is 4.79 Å². The predicted molar refractivity (Wildman–Crippen MR) is 83.3 cm³/mol. The molecule has 0 saturated heterocycles. The van der Waals surface area contributed by atoms with E-state index in [4.69, 9.17) is 4.74 Å². The van der Waals surface area contributed by atoms with Crippen molar-refractivity contribution in [3.8, 4) is 5.75 Å². The van der Waals surface area contributed by atoms with Crippen LogP contribution in [0.4, 0.5) is 0 Å². The van der Waals surface area contributed by atoms with Gasteiger partial charge in [-0.2, -0.15) is 5.10 Å². The first-order valence-electron chi connectivity index (χ1n) is 6.98. The number of ketones is 1. The summed E-state index contributed by atoms with van der Waals surface area (Å²) in [5.74, 6) is 1.24. The lowest BCUT2D eigenvalue weighted by Crippen LogP contribution is -2.04. The summed E-state index contributed by atoms with van der Waals surface area (Å²) >= 11 is 0. The summed E-state index contributed by atoms with van der Waals surface area (Å²) in [7, 11) is 1.79. The van der Waals surface area contributed by atoms with E-state index in [1.165, 1.54) is 0 Å². The summed E-state index contributed by atoms with van der Waals surface area (Å²) in [6.07, 6.45) is 6.61. The van der Waals surface area contributed by atoms with Gasteiger partial charge in [0, 0.05) is 13.2 Å². The monoisotopic (exact) mass is 284 g/mol. The molecular formula is C17H20N2O2. The molecule has 4 heteroatoms. The minimum absolute atomic E-state index is 0.0587. The summed E-state index contributed by atoms with van der Waals surface area (Å²) in [6, 6.07) is 7.71. The van der Waals surface area contributed by atoms with Gasteiger partial charge in [0.2, 0.25) is 0 Å². The Morgan fingerprint density at radius 2 is 2.24 bits per heavy atom. The van der Waals surface area contributed by atoms with Gasteiger partial charge in [0.05, 0.1) is 18.4 Å². The second-order valence-corrected chi connectivity index (χ2v) is 5.38. The third kappa shape index (κ3) is 4.60. The van der Waals surface area contributed by atoms with Crippen LogP contribution in [0.25, 0.3) is 6.08 Å². The number of carbonyl (C=O) groups is 1. The van der Waals surface area contributed by atoms with Crippen molar-refractivity contribution in [2.24, 2.45) is 13.0 Å². The minimum Gasteiger partial charge on any atom is -0.493 e. The lowest BCUT2D eigenvalue weighted by molar-refractivity contribution is 0.104. The second kappa shape index (κ2) is 6.88. The zero-order valence-corrected chi connectivity index (χ0v) is 12.6. The Labute approximate surface area is 125 Å². The molecule has 1 aromatic heterocycles. The van der Waals surface area contributed by atoms with E-state index in [1.807, 2.05) is 24.3 Å². The largest absolute Gasteiger partial charge is 0.493 e. The van der Waals surface area contributed by atoms with E-state index in [2.05, 4.69) is 18.9 Å². The average molecular weight is 284 g/mol. The van der Waals surface area contributed by atoms with Crippen LogP contribution in [-0.2, 0) is 7.05 Å². The summed E-state index contributed by atoms with van der Waals surface area (Å²) in [5, 5.41) is 3.99. The van der Waals surface area contributed by atoms with E-state index in [0.29, 0.717) is 18.1 Å². The van der Waals surface area contributed by atoms with Crippen LogP contribution in [-0.4, -0.2) is 22.2 Å². The molecule has 0 aliphatic heterocycles. The molecule has 21 heavy (non-hydrogen) atoms. The number of hydrogen-bond acceptors (Lipinski definition) is 3. The number of benzene rings is 1. The molecule has 0 bridgehead atoms. The lowest BCUT2D eigenvalue weighted by Gasteiger charge is -2.08. The van der Waals surface area contributed by atoms with E-state index >= 15 is 0 Å². The molecule has 0 atom stereocenters. The Hall–Kier alpha value is -2.36. The van der Waals surface area contributed by atoms with Gasteiger partial charge in [-0.05, 0) is 29.7 Å². The molecule has 0 aliphatic carbocycles. The van der Waals surface area contributed by atoms with Gasteiger partial charge < -0.3 is 4.74 Å². The van der Waals surface area contributed by atoms with E-state index in [1.54, 1.807) is 36.3 Å². The quantitative estimate of drug-likeness (QED) is 0.603. The van der Waals surface area contributed by atoms with Gasteiger partial charge in [-0.3, -0.25) is 9.48 Å². The number of allylic oxidation sites excluding steroid dienone is 1. The molecule has 1 aromatic carbocycles. The SMILES string of the molecule is CC(C)COc1cccc(/C=C/C(=O)c2cnn(C)c2)c1. The smallest absolute Gasteiger partial charge is 0.189 e. The van der Waals surface area contributed by atoms with Gasteiger partial charge in [0.15, 0.2) is 5.78 Å². The summed E-state index contributed by atoms with van der Waals surface area (Å²) in [6.45, 7) is 4.90. The highest BCUT2D eigenvalue weighted by atomic mass is 16.5. The van der Waals surface area contributed by atoms with Crippen LogP contribution >= 0.6 is 0 Å². The van der Waals surface area contributed by atoms with Crippen LogP contribution < -0.4 is 4.74 Å². The molecular weight excluding hydrogens is 264 g/mol. The maximum absolute atomic E-state index is 12.0. The zero-order chi connectivity index (χ0) is 15.2. The number of carbonyl (C=O) groups excluding carboxylic acids is 1. The molecule has 4 nitrogen and oxygen atoms in total. The molecule has 110 valence electrons. The molecule has 1 heterocycles. The van der Waals surface area contributed by atoms with Gasteiger partial charge in [-0.1, -0.05) is 32.1 Å². The molecule has 0 N–H and O–H groups in total. The Bertz CT molecular complexity index is 642. The van der Waals surface area contributed by atoms with Gasteiger partial charge >= 0.3 is 0 Å². The third-order valence-corrected chi connectivity index (χ3v) is 2.86. The Kier molecular flexibility index (Phi) is 4.93. The number of aromatic nitrogens is 2. The number of nitrogens with zero attached hydrogens (tertiary/aromatic N) is 2. The average Bonchev–Trinajstić information content (AvgIpc) is 2.90. The number of ether oxygens (including phenoxy) is 1. The normalized spacial score (nSPS) is 11.2. The fraction of sp³-hybridized carbons (Fsp3) is 0.294. The number of aryl methyl sites for hydroxylation is 1. The van der Waals surface area contributed by atoms with Gasteiger partial charge in [-0.25, -0.2) is 0 Å². The Morgan fingerprint density at radius 3 is 2.90 bits per heavy atom. The van der Waals surface area contributed by atoms with Crippen molar-refractivity contribution in [2.45, 2.75) is 13.8 Å². The van der Waals surface area contributed by atoms with Gasteiger partial charge in [-0.15, -0.1) is 0 Å². The van der Waals surface area contributed by atoms with Crippen molar-refractivity contribution in [3.63, 3.8) is 0 Å². The molecule has 0 aliphatic rings. The molecule has 0 fully saturated rings. The maximum atomic E-state index is 12.0.